The van der Waals surface area contributed by atoms with E-state index < -0.39 is 0 Å². The normalized spacial score (nSPS) is 17.4. The summed E-state index contributed by atoms with van der Waals surface area (Å²) in [6, 6.07) is 6.79. The van der Waals surface area contributed by atoms with Crippen LogP contribution in [0.25, 0.3) is 0 Å². The molecular formula is C16H22N2O3. The van der Waals surface area contributed by atoms with E-state index in [9.17, 15) is 4.79 Å². The molecule has 0 radical (unpaired) electrons. The highest BCUT2D eigenvalue weighted by molar-refractivity contribution is 5.78. The van der Waals surface area contributed by atoms with Gasteiger partial charge in [0.1, 0.15) is 0 Å². The van der Waals surface area contributed by atoms with E-state index in [1.54, 1.807) is 7.11 Å². The first-order chi connectivity index (χ1) is 10.3. The third-order valence-electron chi connectivity index (χ3n) is 3.73. The predicted octanol–water partition coefficient (Wildman–Crippen LogP) is 1.60. The molecule has 1 aromatic rings. The Morgan fingerprint density at radius 3 is 2.67 bits per heavy atom. The summed E-state index contributed by atoms with van der Waals surface area (Å²) in [4.78, 5) is 11.8. The minimum atomic E-state index is -0.0653. The van der Waals surface area contributed by atoms with E-state index in [4.69, 9.17) is 9.47 Å². The number of benzene rings is 1. The van der Waals surface area contributed by atoms with E-state index in [0.29, 0.717) is 23.6 Å². The zero-order valence-corrected chi connectivity index (χ0v) is 12.4. The van der Waals surface area contributed by atoms with Crippen LogP contribution < -0.4 is 20.1 Å². The molecule has 1 aromatic carbocycles. The molecule has 2 N–H and O–H groups in total. The fourth-order valence-electron chi connectivity index (χ4n) is 2.20. The highest BCUT2D eigenvalue weighted by atomic mass is 16.5. The molecule has 5 heteroatoms. The number of amides is 1. The number of carbonyl (C=O) groups is 1. The molecule has 2 fully saturated rings. The van der Waals surface area contributed by atoms with Crippen LogP contribution in [0.2, 0.25) is 0 Å². The van der Waals surface area contributed by atoms with Gasteiger partial charge < -0.3 is 20.1 Å². The quantitative estimate of drug-likeness (QED) is 0.763. The van der Waals surface area contributed by atoms with Crippen molar-refractivity contribution in [1.29, 1.82) is 0 Å². The van der Waals surface area contributed by atoms with Crippen molar-refractivity contribution in [2.45, 2.75) is 44.3 Å². The fourth-order valence-corrected chi connectivity index (χ4v) is 2.20. The summed E-state index contributed by atoms with van der Waals surface area (Å²) in [5.74, 6) is 1.27. The largest absolute Gasteiger partial charge is 0.493 e. The number of nitrogens with one attached hydrogen (secondary N) is 2. The Balaban J connectivity index is 1.62. The molecule has 0 atom stereocenters. The maximum absolute atomic E-state index is 11.8. The molecule has 1 amide bonds. The van der Waals surface area contributed by atoms with Crippen LogP contribution in [-0.4, -0.2) is 31.7 Å². The molecule has 0 heterocycles. The van der Waals surface area contributed by atoms with Gasteiger partial charge in [-0.3, -0.25) is 4.79 Å². The second-order valence-electron chi connectivity index (χ2n) is 5.73. The molecule has 114 valence electrons. The summed E-state index contributed by atoms with van der Waals surface area (Å²) < 4.78 is 11.1. The monoisotopic (exact) mass is 290 g/mol. The summed E-state index contributed by atoms with van der Waals surface area (Å²) in [5.41, 5.74) is 1.03. The molecule has 2 aliphatic rings. The number of methoxy groups -OCH3 is 1. The summed E-state index contributed by atoms with van der Waals surface area (Å²) in [6.07, 6.45) is 4.64. The van der Waals surface area contributed by atoms with Crippen molar-refractivity contribution in [2.24, 2.45) is 0 Å². The highest BCUT2D eigenvalue weighted by Crippen LogP contribution is 2.32. The minimum absolute atomic E-state index is 0.0350. The minimum Gasteiger partial charge on any atom is -0.493 e. The van der Waals surface area contributed by atoms with Crippen molar-refractivity contribution >= 4 is 5.91 Å². The maximum Gasteiger partial charge on any atom is 0.258 e. The fraction of sp³-hybridized carbons (Fsp3) is 0.562. The second kappa shape index (κ2) is 6.35. The summed E-state index contributed by atoms with van der Waals surface area (Å²) in [5, 5.41) is 6.38. The summed E-state index contributed by atoms with van der Waals surface area (Å²) in [7, 11) is 1.62. The van der Waals surface area contributed by atoms with Crippen molar-refractivity contribution < 1.29 is 14.3 Å². The van der Waals surface area contributed by atoms with E-state index in [0.717, 1.165) is 24.9 Å². The van der Waals surface area contributed by atoms with Gasteiger partial charge in [-0.2, -0.15) is 0 Å². The Morgan fingerprint density at radius 1 is 1.24 bits per heavy atom. The third kappa shape index (κ3) is 4.11. The van der Waals surface area contributed by atoms with Crippen LogP contribution in [0.5, 0.6) is 11.5 Å². The molecule has 5 nitrogen and oxygen atoms in total. The molecule has 2 saturated carbocycles. The Labute approximate surface area is 125 Å². The van der Waals surface area contributed by atoms with Gasteiger partial charge in [0.2, 0.25) is 0 Å². The Hall–Kier alpha value is -1.75. The Morgan fingerprint density at radius 2 is 2.00 bits per heavy atom. The van der Waals surface area contributed by atoms with Crippen molar-refractivity contribution in [3.63, 3.8) is 0 Å². The SMILES string of the molecule is COc1cccc(CNC2CC2)c1OCC(=O)NC1CC1. The number of carbonyl (C=O) groups excluding carboxylic acids is 1. The maximum atomic E-state index is 11.8. The van der Waals surface area contributed by atoms with Gasteiger partial charge in [0.15, 0.2) is 18.1 Å². The third-order valence-corrected chi connectivity index (χ3v) is 3.73. The summed E-state index contributed by atoms with van der Waals surface area (Å²) >= 11 is 0. The van der Waals surface area contributed by atoms with Crippen LogP contribution in [0.4, 0.5) is 0 Å². The van der Waals surface area contributed by atoms with Gasteiger partial charge in [0.25, 0.3) is 5.91 Å². The topological polar surface area (TPSA) is 59.6 Å². The van der Waals surface area contributed by atoms with Gasteiger partial charge in [-0.15, -0.1) is 0 Å². The van der Waals surface area contributed by atoms with Crippen LogP contribution in [-0.2, 0) is 11.3 Å². The molecule has 0 unspecified atom stereocenters. The van der Waals surface area contributed by atoms with E-state index in [2.05, 4.69) is 10.6 Å². The first-order valence-corrected chi connectivity index (χ1v) is 7.57. The summed E-state index contributed by atoms with van der Waals surface area (Å²) in [6.45, 7) is 0.773. The van der Waals surface area contributed by atoms with Gasteiger partial charge >= 0.3 is 0 Å². The van der Waals surface area contributed by atoms with Crippen molar-refractivity contribution in [1.82, 2.24) is 10.6 Å². The number of para-hydroxylation sites is 1. The average Bonchev–Trinajstić information content (AvgIpc) is 3.37. The van der Waals surface area contributed by atoms with Crippen LogP contribution in [0.15, 0.2) is 18.2 Å². The van der Waals surface area contributed by atoms with Crippen molar-refractivity contribution in [3.05, 3.63) is 23.8 Å². The molecular weight excluding hydrogens is 268 g/mol. The van der Waals surface area contributed by atoms with E-state index in [1.807, 2.05) is 18.2 Å². The van der Waals surface area contributed by atoms with Gasteiger partial charge in [-0.1, -0.05) is 12.1 Å². The first-order valence-electron chi connectivity index (χ1n) is 7.57. The highest BCUT2D eigenvalue weighted by Gasteiger charge is 2.24. The van der Waals surface area contributed by atoms with Crippen molar-refractivity contribution in [2.75, 3.05) is 13.7 Å². The number of ether oxygens (including phenoxy) is 2. The van der Waals surface area contributed by atoms with Crippen LogP contribution in [0.1, 0.15) is 31.2 Å². The van der Waals surface area contributed by atoms with Crippen LogP contribution in [0.3, 0.4) is 0 Å². The van der Waals surface area contributed by atoms with Crippen molar-refractivity contribution in [3.8, 4) is 11.5 Å². The zero-order chi connectivity index (χ0) is 14.7. The molecule has 0 bridgehead atoms. The zero-order valence-electron chi connectivity index (χ0n) is 12.4. The standard InChI is InChI=1S/C16H22N2O3/c1-20-14-4-2-3-11(9-17-12-5-6-12)16(14)21-10-15(19)18-13-7-8-13/h2-4,12-13,17H,5-10H2,1H3,(H,18,19). The van der Waals surface area contributed by atoms with Gasteiger partial charge in [-0.05, 0) is 31.7 Å². The molecule has 0 saturated heterocycles. The first kappa shape index (κ1) is 14.2. The molecule has 21 heavy (non-hydrogen) atoms. The molecule has 2 aliphatic carbocycles. The van der Waals surface area contributed by atoms with E-state index in [-0.39, 0.29) is 12.5 Å². The lowest BCUT2D eigenvalue weighted by molar-refractivity contribution is -0.123. The average molecular weight is 290 g/mol. The molecule has 0 aromatic heterocycles. The Kier molecular flexibility index (Phi) is 4.29. The Bertz CT molecular complexity index is 510. The predicted molar refractivity (Wildman–Crippen MR) is 79.5 cm³/mol. The van der Waals surface area contributed by atoms with Crippen LogP contribution >= 0.6 is 0 Å². The van der Waals surface area contributed by atoms with Crippen LogP contribution in [0, 0.1) is 0 Å². The second-order valence-corrected chi connectivity index (χ2v) is 5.73. The van der Waals surface area contributed by atoms with Gasteiger partial charge in [-0.25, -0.2) is 0 Å². The smallest absolute Gasteiger partial charge is 0.258 e. The van der Waals surface area contributed by atoms with Gasteiger partial charge in [0, 0.05) is 24.2 Å². The van der Waals surface area contributed by atoms with Gasteiger partial charge in [0.05, 0.1) is 7.11 Å². The molecule has 3 rings (SSSR count). The molecule has 0 spiro atoms. The molecule has 0 aliphatic heterocycles. The lowest BCUT2D eigenvalue weighted by atomic mass is 10.2. The van der Waals surface area contributed by atoms with E-state index in [1.165, 1.54) is 12.8 Å². The van der Waals surface area contributed by atoms with E-state index >= 15 is 0 Å². The number of hydrogen-bond donors (Lipinski definition) is 2. The lowest BCUT2D eigenvalue weighted by Gasteiger charge is -2.15. The number of rotatable bonds is 8. The lowest BCUT2D eigenvalue weighted by Crippen LogP contribution is -2.30. The number of hydrogen-bond acceptors (Lipinski definition) is 4.